The molecule has 2 rings (SSSR count). The van der Waals surface area contributed by atoms with Gasteiger partial charge in [0.2, 0.25) is 0 Å². The van der Waals surface area contributed by atoms with Crippen molar-refractivity contribution in [2.45, 2.75) is 72.1 Å². The molecule has 2 N–H and O–H groups in total. The molecule has 0 aliphatic carbocycles. The van der Waals surface area contributed by atoms with Crippen LogP contribution in [0.4, 0.5) is 9.59 Å². The lowest BCUT2D eigenvalue weighted by atomic mass is 9.95. The van der Waals surface area contributed by atoms with Crippen molar-refractivity contribution in [1.82, 2.24) is 20.8 Å². The number of urea groups is 1. The highest BCUT2D eigenvalue weighted by atomic mass is 32.3. The van der Waals surface area contributed by atoms with E-state index in [0.717, 1.165) is 0 Å². The van der Waals surface area contributed by atoms with E-state index >= 15 is 0 Å². The van der Waals surface area contributed by atoms with Crippen LogP contribution in [0.1, 0.15) is 54.4 Å². The standard InChI is InChI=1S/C21H36N4O11S/c1-7-32-17(27)21(5,6)13-34-37(30,31)36-25-14-8-9-15(24(12-14)19(25)29)16(26)23-33-11-10-22-18(28)35-20(2,3)4/h14-15H,7-13H2,1-6H3,(H,22,28)(H,23,26). The molecule has 2 bridgehead atoms. The maximum absolute atomic E-state index is 12.8. The molecule has 0 aromatic heterocycles. The Labute approximate surface area is 216 Å². The average Bonchev–Trinajstić information content (AvgIpc) is 3.01. The first-order chi connectivity index (χ1) is 17.1. The zero-order chi connectivity index (χ0) is 28.0. The summed E-state index contributed by atoms with van der Waals surface area (Å²) in [6, 6.07) is -2.36. The lowest BCUT2D eigenvalue weighted by molar-refractivity contribution is -0.155. The van der Waals surface area contributed by atoms with Crippen molar-refractivity contribution in [3.63, 3.8) is 0 Å². The molecular weight excluding hydrogens is 516 g/mol. The first-order valence-electron chi connectivity index (χ1n) is 11.8. The summed E-state index contributed by atoms with van der Waals surface area (Å²) in [5, 5.41) is 3.12. The maximum Gasteiger partial charge on any atom is 0.421 e. The van der Waals surface area contributed by atoms with Gasteiger partial charge in [0.05, 0.1) is 31.3 Å². The normalized spacial score (nSPS) is 20.0. The molecule has 0 spiro atoms. The van der Waals surface area contributed by atoms with E-state index in [2.05, 4.69) is 10.8 Å². The summed E-state index contributed by atoms with van der Waals surface area (Å²) in [4.78, 5) is 55.1. The van der Waals surface area contributed by atoms with Gasteiger partial charge in [-0.2, -0.15) is 13.5 Å². The number of ether oxygens (including phenoxy) is 2. The first-order valence-corrected chi connectivity index (χ1v) is 13.1. The molecule has 2 saturated heterocycles. The summed E-state index contributed by atoms with van der Waals surface area (Å²) in [6.45, 7) is 9.30. The van der Waals surface area contributed by atoms with Gasteiger partial charge in [0.25, 0.3) is 5.91 Å². The van der Waals surface area contributed by atoms with E-state index in [1.54, 1.807) is 27.7 Å². The molecule has 2 aliphatic rings. The Kier molecular flexibility index (Phi) is 10.1. The van der Waals surface area contributed by atoms with Crippen LogP contribution in [0.15, 0.2) is 0 Å². The van der Waals surface area contributed by atoms with Gasteiger partial charge in [-0.15, -0.1) is 4.28 Å². The van der Waals surface area contributed by atoms with E-state index < -0.39 is 64.1 Å². The quantitative estimate of drug-likeness (QED) is 0.197. The third kappa shape index (κ3) is 8.98. The summed E-state index contributed by atoms with van der Waals surface area (Å²) < 4.78 is 44.3. The van der Waals surface area contributed by atoms with Crippen molar-refractivity contribution in [1.29, 1.82) is 0 Å². The van der Waals surface area contributed by atoms with Gasteiger partial charge in [-0.25, -0.2) is 19.3 Å². The zero-order valence-corrected chi connectivity index (χ0v) is 22.7. The second-order valence-electron chi connectivity index (χ2n) is 10.1. The monoisotopic (exact) mass is 552 g/mol. The third-order valence-corrected chi connectivity index (χ3v) is 5.98. The number of amides is 4. The number of nitrogens with zero attached hydrogens (tertiary/aromatic N) is 2. The lowest BCUT2D eigenvalue weighted by Crippen LogP contribution is -2.50. The average molecular weight is 553 g/mol. The van der Waals surface area contributed by atoms with Crippen molar-refractivity contribution >= 4 is 34.4 Å². The highest BCUT2D eigenvalue weighted by molar-refractivity contribution is 7.81. The maximum atomic E-state index is 12.8. The molecule has 0 aromatic rings. The number of piperidine rings is 1. The van der Waals surface area contributed by atoms with Gasteiger partial charge >= 0.3 is 28.5 Å². The summed E-state index contributed by atoms with van der Waals surface area (Å²) in [5.74, 6) is -1.26. The molecule has 2 unspecified atom stereocenters. The molecule has 0 saturated carbocycles. The number of hydroxylamine groups is 3. The predicted molar refractivity (Wildman–Crippen MR) is 125 cm³/mol. The summed E-state index contributed by atoms with van der Waals surface area (Å²) >= 11 is 0. The molecule has 4 amide bonds. The molecule has 2 heterocycles. The van der Waals surface area contributed by atoms with Crippen molar-refractivity contribution in [2.24, 2.45) is 5.41 Å². The fraction of sp³-hybridized carbons (Fsp3) is 0.810. The minimum Gasteiger partial charge on any atom is -0.466 e. The molecule has 2 atom stereocenters. The summed E-state index contributed by atoms with van der Waals surface area (Å²) in [7, 11) is -4.69. The number of carbonyl (C=O) groups is 4. The molecule has 212 valence electrons. The highest BCUT2D eigenvalue weighted by Gasteiger charge is 2.50. The fourth-order valence-electron chi connectivity index (χ4n) is 3.44. The Morgan fingerprint density at radius 3 is 2.41 bits per heavy atom. The van der Waals surface area contributed by atoms with Gasteiger partial charge in [0.15, 0.2) is 0 Å². The number of hydrogen-bond donors (Lipinski definition) is 2. The van der Waals surface area contributed by atoms with Gasteiger partial charge in [-0.3, -0.25) is 14.4 Å². The van der Waals surface area contributed by atoms with E-state index in [4.69, 9.17) is 22.8 Å². The fourth-order valence-corrected chi connectivity index (χ4v) is 4.30. The Morgan fingerprint density at radius 2 is 1.78 bits per heavy atom. The van der Waals surface area contributed by atoms with Gasteiger partial charge in [-0.05, 0) is 54.4 Å². The second kappa shape index (κ2) is 12.2. The first kappa shape index (κ1) is 30.5. The number of fused-ring (bicyclic) bond motifs is 2. The highest BCUT2D eigenvalue weighted by Crippen LogP contribution is 2.31. The smallest absolute Gasteiger partial charge is 0.421 e. The van der Waals surface area contributed by atoms with Crippen molar-refractivity contribution in [2.75, 3.05) is 32.9 Å². The van der Waals surface area contributed by atoms with Gasteiger partial charge < -0.3 is 19.7 Å². The van der Waals surface area contributed by atoms with Crippen LogP contribution in [0.2, 0.25) is 0 Å². The Balaban J connectivity index is 1.83. The predicted octanol–water partition coefficient (Wildman–Crippen LogP) is 0.610. The topological polar surface area (TPSA) is 179 Å². The number of alkyl carbamates (subject to hydrolysis) is 1. The second-order valence-corrected chi connectivity index (χ2v) is 11.3. The van der Waals surface area contributed by atoms with Gasteiger partial charge in [0.1, 0.15) is 11.6 Å². The van der Waals surface area contributed by atoms with Crippen LogP contribution in [0.25, 0.3) is 0 Å². The van der Waals surface area contributed by atoms with Crippen LogP contribution in [0.5, 0.6) is 0 Å². The molecule has 0 radical (unpaired) electrons. The Bertz CT molecular complexity index is 964. The molecule has 37 heavy (non-hydrogen) atoms. The SMILES string of the molecule is CCOC(=O)C(C)(C)COS(=O)(=O)ON1C(=O)N2CC1CCC2C(=O)NOCCNC(=O)OC(C)(C)C. The number of nitrogens with one attached hydrogen (secondary N) is 2. The number of hydrogen-bond acceptors (Lipinski definition) is 11. The van der Waals surface area contributed by atoms with E-state index in [-0.39, 0.29) is 39.1 Å². The number of rotatable bonds is 12. The van der Waals surface area contributed by atoms with Crippen LogP contribution in [0.3, 0.4) is 0 Å². The molecule has 2 fully saturated rings. The Morgan fingerprint density at radius 1 is 1.11 bits per heavy atom. The van der Waals surface area contributed by atoms with Crippen LogP contribution < -0.4 is 10.8 Å². The largest absolute Gasteiger partial charge is 0.466 e. The number of esters is 1. The van der Waals surface area contributed by atoms with E-state index in [9.17, 15) is 27.6 Å². The molecule has 16 heteroatoms. The van der Waals surface area contributed by atoms with Gasteiger partial charge in [-0.1, -0.05) is 0 Å². The van der Waals surface area contributed by atoms with Crippen molar-refractivity contribution in [3.8, 4) is 0 Å². The van der Waals surface area contributed by atoms with Crippen LogP contribution in [0, 0.1) is 5.41 Å². The molecular formula is C21H36N4O11S. The van der Waals surface area contributed by atoms with Crippen LogP contribution in [-0.2, 0) is 42.8 Å². The summed E-state index contributed by atoms with van der Waals surface area (Å²) in [5.41, 5.74) is 0.306. The van der Waals surface area contributed by atoms with Crippen LogP contribution in [-0.4, -0.2) is 93.0 Å². The minimum atomic E-state index is -4.69. The Hall–Kier alpha value is -2.69. The van der Waals surface area contributed by atoms with E-state index in [0.29, 0.717) is 5.06 Å². The number of carbonyl (C=O) groups excluding carboxylic acids is 4. The van der Waals surface area contributed by atoms with Crippen LogP contribution >= 0.6 is 0 Å². The third-order valence-electron chi connectivity index (χ3n) is 5.23. The van der Waals surface area contributed by atoms with E-state index in [1.807, 2.05) is 0 Å². The van der Waals surface area contributed by atoms with Crippen molar-refractivity contribution in [3.05, 3.63) is 0 Å². The molecule has 0 aromatic carbocycles. The molecule has 15 nitrogen and oxygen atoms in total. The molecule has 2 aliphatic heterocycles. The zero-order valence-electron chi connectivity index (χ0n) is 21.9. The summed E-state index contributed by atoms with van der Waals surface area (Å²) in [6.07, 6.45) is -0.116. The van der Waals surface area contributed by atoms with Crippen molar-refractivity contribution < 1.29 is 50.4 Å². The van der Waals surface area contributed by atoms with Gasteiger partial charge in [0, 0.05) is 13.1 Å². The minimum absolute atomic E-state index is 0.0543. The van der Waals surface area contributed by atoms with E-state index in [1.165, 1.54) is 18.7 Å². The lowest BCUT2D eigenvalue weighted by Gasteiger charge is -2.28.